The number of aromatic nitrogens is 2. The zero-order chi connectivity index (χ0) is 15.5. The molecule has 2 aromatic heterocycles. The lowest BCUT2D eigenvalue weighted by Gasteiger charge is -2.24. The first kappa shape index (κ1) is 16.1. The van der Waals surface area contributed by atoms with E-state index in [4.69, 9.17) is 4.42 Å². The molecule has 0 amide bonds. The van der Waals surface area contributed by atoms with E-state index in [1.807, 2.05) is 19.1 Å². The number of nitrogens with one attached hydrogen (secondary N) is 1. The Balaban J connectivity index is 2.04. The van der Waals surface area contributed by atoms with Gasteiger partial charge in [-0.3, -0.25) is 10.1 Å². The molecule has 114 valence electrons. The van der Waals surface area contributed by atoms with Crippen LogP contribution in [0.3, 0.4) is 0 Å². The molecule has 6 nitrogen and oxygen atoms in total. The van der Waals surface area contributed by atoms with Crippen molar-refractivity contribution in [3.63, 3.8) is 0 Å². The van der Waals surface area contributed by atoms with E-state index in [0.29, 0.717) is 18.2 Å². The lowest BCUT2D eigenvalue weighted by atomic mass is 9.96. The number of carboxylic acid groups (broad SMARTS) is 1. The molecule has 0 spiro atoms. The lowest BCUT2D eigenvalue weighted by molar-refractivity contribution is -0.144. The smallest absolute Gasteiger partial charge is 0.323 e. The first-order valence-corrected chi connectivity index (χ1v) is 8.12. The topological polar surface area (TPSA) is 88.3 Å². The number of carbonyl (C=O) groups is 1. The quantitative estimate of drug-likeness (QED) is 0.773. The van der Waals surface area contributed by atoms with E-state index in [2.05, 4.69) is 31.4 Å². The van der Waals surface area contributed by atoms with Crippen LogP contribution in [0.15, 0.2) is 20.3 Å². The van der Waals surface area contributed by atoms with Crippen LogP contribution in [0, 0.1) is 0 Å². The van der Waals surface area contributed by atoms with Gasteiger partial charge in [-0.1, -0.05) is 13.3 Å². The van der Waals surface area contributed by atoms with Crippen molar-refractivity contribution in [1.82, 2.24) is 15.5 Å². The van der Waals surface area contributed by atoms with Crippen LogP contribution >= 0.6 is 27.3 Å². The molecule has 0 aliphatic carbocycles. The van der Waals surface area contributed by atoms with E-state index in [0.717, 1.165) is 15.1 Å². The lowest BCUT2D eigenvalue weighted by Crippen LogP contribution is -2.49. The van der Waals surface area contributed by atoms with Crippen LogP contribution in [0.5, 0.6) is 0 Å². The summed E-state index contributed by atoms with van der Waals surface area (Å²) in [6.07, 6.45) is 1.30. The van der Waals surface area contributed by atoms with Crippen LogP contribution in [-0.2, 0) is 11.3 Å². The number of carboxylic acids is 1. The zero-order valence-electron chi connectivity index (χ0n) is 11.7. The Kier molecular flexibility index (Phi) is 5.13. The Morgan fingerprint density at radius 2 is 2.29 bits per heavy atom. The van der Waals surface area contributed by atoms with Gasteiger partial charge in [-0.05, 0) is 41.4 Å². The third-order valence-corrected chi connectivity index (χ3v) is 4.71. The van der Waals surface area contributed by atoms with Crippen molar-refractivity contribution in [3.8, 4) is 10.8 Å². The Morgan fingerprint density at radius 3 is 2.86 bits per heavy atom. The maximum absolute atomic E-state index is 11.3. The minimum Gasteiger partial charge on any atom is -0.480 e. The van der Waals surface area contributed by atoms with Gasteiger partial charge < -0.3 is 9.52 Å². The Labute approximate surface area is 134 Å². The highest BCUT2D eigenvalue weighted by Crippen LogP contribution is 2.30. The molecule has 0 aliphatic rings. The summed E-state index contributed by atoms with van der Waals surface area (Å²) >= 11 is 4.87. The Hall–Kier alpha value is -1.25. The normalized spacial score (nSPS) is 14.0. The second kappa shape index (κ2) is 6.67. The fraction of sp³-hybridized carbons (Fsp3) is 0.462. The van der Waals surface area contributed by atoms with Crippen LogP contribution in [0.4, 0.5) is 0 Å². The highest BCUT2D eigenvalue weighted by molar-refractivity contribution is 9.11. The summed E-state index contributed by atoms with van der Waals surface area (Å²) in [6, 6.07) is 3.79. The highest BCUT2D eigenvalue weighted by Gasteiger charge is 2.31. The first-order valence-electron chi connectivity index (χ1n) is 6.51. The van der Waals surface area contributed by atoms with Crippen molar-refractivity contribution >= 4 is 33.2 Å². The van der Waals surface area contributed by atoms with Crippen LogP contribution in [0.2, 0.25) is 0 Å². The molecule has 0 radical (unpaired) electrons. The monoisotopic (exact) mass is 373 g/mol. The maximum atomic E-state index is 11.3. The largest absolute Gasteiger partial charge is 0.480 e. The standard InChI is InChI=1S/C13H16BrN3O3S/c1-3-6-13(2,12(18)19)15-7-10-16-17-11(20-10)8-4-5-9(14)21-8/h4-5,15H,3,6-7H2,1-2H3,(H,18,19). The van der Waals surface area contributed by atoms with Crippen molar-refractivity contribution in [3.05, 3.63) is 21.8 Å². The van der Waals surface area contributed by atoms with Crippen LogP contribution < -0.4 is 5.32 Å². The van der Waals surface area contributed by atoms with Gasteiger partial charge >= 0.3 is 5.97 Å². The number of thiophene rings is 1. The van der Waals surface area contributed by atoms with Gasteiger partial charge in [-0.2, -0.15) is 0 Å². The van der Waals surface area contributed by atoms with Gasteiger partial charge in [0.1, 0.15) is 5.54 Å². The van der Waals surface area contributed by atoms with Gasteiger partial charge in [0.25, 0.3) is 5.89 Å². The van der Waals surface area contributed by atoms with Crippen molar-refractivity contribution in [2.24, 2.45) is 0 Å². The Morgan fingerprint density at radius 1 is 1.52 bits per heavy atom. The van der Waals surface area contributed by atoms with Gasteiger partial charge in [0, 0.05) is 0 Å². The molecule has 0 aromatic carbocycles. The molecule has 0 saturated carbocycles. The molecular formula is C13H16BrN3O3S. The highest BCUT2D eigenvalue weighted by atomic mass is 79.9. The van der Waals surface area contributed by atoms with Crippen molar-refractivity contribution in [2.45, 2.75) is 38.8 Å². The molecule has 2 aromatic rings. The summed E-state index contributed by atoms with van der Waals surface area (Å²) in [5, 5.41) is 20.2. The fourth-order valence-corrected chi connectivity index (χ4v) is 3.20. The van der Waals surface area contributed by atoms with E-state index in [9.17, 15) is 9.90 Å². The molecule has 2 N–H and O–H groups in total. The van der Waals surface area contributed by atoms with Crippen molar-refractivity contribution < 1.29 is 14.3 Å². The summed E-state index contributed by atoms with van der Waals surface area (Å²) in [5.41, 5.74) is -0.991. The second-order valence-corrected chi connectivity index (χ2v) is 7.31. The summed E-state index contributed by atoms with van der Waals surface area (Å²) in [6.45, 7) is 3.83. The Bertz CT molecular complexity index is 628. The maximum Gasteiger partial charge on any atom is 0.323 e. The summed E-state index contributed by atoms with van der Waals surface area (Å²) in [7, 11) is 0. The number of hydrogen-bond donors (Lipinski definition) is 2. The molecule has 0 saturated heterocycles. The van der Waals surface area contributed by atoms with E-state index in [-0.39, 0.29) is 6.54 Å². The van der Waals surface area contributed by atoms with Crippen LogP contribution in [0.1, 0.15) is 32.6 Å². The molecule has 8 heteroatoms. The number of aliphatic carboxylic acids is 1. The number of halogens is 1. The van der Waals surface area contributed by atoms with E-state index >= 15 is 0 Å². The minimum absolute atomic E-state index is 0.225. The third-order valence-electron chi connectivity index (χ3n) is 3.10. The third kappa shape index (κ3) is 3.90. The predicted molar refractivity (Wildman–Crippen MR) is 83.1 cm³/mol. The van der Waals surface area contributed by atoms with Crippen molar-refractivity contribution in [2.75, 3.05) is 0 Å². The minimum atomic E-state index is -0.991. The van der Waals surface area contributed by atoms with E-state index < -0.39 is 11.5 Å². The fourth-order valence-electron chi connectivity index (χ4n) is 1.90. The molecular weight excluding hydrogens is 358 g/mol. The predicted octanol–water partition coefficient (Wildman–Crippen LogP) is 3.29. The van der Waals surface area contributed by atoms with Crippen molar-refractivity contribution in [1.29, 1.82) is 0 Å². The average molecular weight is 374 g/mol. The molecule has 2 rings (SSSR count). The summed E-state index contributed by atoms with van der Waals surface area (Å²) in [4.78, 5) is 12.2. The number of rotatable bonds is 7. The van der Waals surface area contributed by atoms with Crippen LogP contribution in [-0.4, -0.2) is 26.8 Å². The molecule has 21 heavy (non-hydrogen) atoms. The molecule has 1 atom stereocenters. The van der Waals surface area contributed by atoms with E-state index in [1.165, 1.54) is 11.3 Å². The molecule has 0 fully saturated rings. The van der Waals surface area contributed by atoms with Crippen LogP contribution in [0.25, 0.3) is 10.8 Å². The zero-order valence-corrected chi connectivity index (χ0v) is 14.1. The molecule has 0 aliphatic heterocycles. The van der Waals surface area contributed by atoms with Gasteiger partial charge in [0.15, 0.2) is 0 Å². The van der Waals surface area contributed by atoms with Gasteiger partial charge in [0.05, 0.1) is 15.2 Å². The van der Waals surface area contributed by atoms with Gasteiger partial charge in [0.2, 0.25) is 5.89 Å². The SMILES string of the molecule is CCCC(C)(NCc1nnc(-c2ccc(Br)s2)o1)C(=O)O. The van der Waals surface area contributed by atoms with Gasteiger partial charge in [-0.25, -0.2) is 0 Å². The van der Waals surface area contributed by atoms with Gasteiger partial charge in [-0.15, -0.1) is 21.5 Å². The number of hydrogen-bond acceptors (Lipinski definition) is 6. The van der Waals surface area contributed by atoms with E-state index in [1.54, 1.807) is 6.92 Å². The summed E-state index contributed by atoms with van der Waals surface area (Å²) in [5.74, 6) is -0.0700. The molecule has 2 heterocycles. The number of nitrogens with zero attached hydrogens (tertiary/aromatic N) is 2. The molecule has 1 unspecified atom stereocenters. The second-order valence-electron chi connectivity index (χ2n) is 4.85. The summed E-state index contributed by atoms with van der Waals surface area (Å²) < 4.78 is 6.53. The molecule has 0 bridgehead atoms. The first-order chi connectivity index (χ1) is 9.94. The average Bonchev–Trinajstić information content (AvgIpc) is 3.05.